The Bertz CT molecular complexity index is 268. The molecule has 1 fully saturated rings. The fourth-order valence-corrected chi connectivity index (χ4v) is 1.64. The molecule has 0 amide bonds. The molecule has 2 unspecified atom stereocenters. The molecule has 2 atom stereocenters. The molecule has 1 aliphatic rings. The van der Waals surface area contributed by atoms with Crippen molar-refractivity contribution in [1.82, 2.24) is 20.3 Å². The van der Waals surface area contributed by atoms with Crippen molar-refractivity contribution >= 4 is 12.4 Å². The number of piperidine rings is 1. The Hall–Kier alpha value is -0.780. The number of nitrogens with zero attached hydrogens (tertiary/aromatic N) is 3. The van der Waals surface area contributed by atoms with E-state index in [4.69, 9.17) is 5.73 Å². The third-order valence-corrected chi connectivity index (χ3v) is 2.32. The Morgan fingerprint density at radius 3 is 2.71 bits per heavy atom. The van der Waals surface area contributed by atoms with E-state index in [0.29, 0.717) is 5.92 Å². The van der Waals surface area contributed by atoms with Crippen molar-refractivity contribution < 1.29 is 0 Å². The van der Waals surface area contributed by atoms with Gasteiger partial charge in [0.25, 0.3) is 0 Å². The quantitative estimate of drug-likeness (QED) is 0.692. The van der Waals surface area contributed by atoms with Gasteiger partial charge in [-0.15, -0.1) is 12.4 Å². The molecular weight excluding hydrogens is 202 g/mol. The summed E-state index contributed by atoms with van der Waals surface area (Å²) in [7, 11) is 0. The van der Waals surface area contributed by atoms with E-state index in [-0.39, 0.29) is 18.6 Å². The van der Waals surface area contributed by atoms with Gasteiger partial charge in [0.1, 0.15) is 18.5 Å². The summed E-state index contributed by atoms with van der Waals surface area (Å²) in [5.74, 6) is 1.26. The summed E-state index contributed by atoms with van der Waals surface area (Å²) >= 11 is 0. The van der Waals surface area contributed by atoms with Gasteiger partial charge in [-0.3, -0.25) is 0 Å². The summed E-state index contributed by atoms with van der Waals surface area (Å²) in [6.07, 6.45) is 5.11. The van der Waals surface area contributed by atoms with Gasteiger partial charge >= 0.3 is 0 Å². The molecule has 0 aliphatic carbocycles. The molecular formula is C8H14ClN5. The van der Waals surface area contributed by atoms with Gasteiger partial charge in [0.15, 0.2) is 0 Å². The molecule has 5 nitrogen and oxygen atoms in total. The van der Waals surface area contributed by atoms with Crippen LogP contribution in [-0.2, 0) is 0 Å². The van der Waals surface area contributed by atoms with Crippen LogP contribution in [-0.4, -0.2) is 27.7 Å². The smallest absolute Gasteiger partial charge is 0.135 e. The number of halogens is 1. The summed E-state index contributed by atoms with van der Waals surface area (Å²) in [5.41, 5.74) is 5.78. The standard InChI is InChI=1S/C8H13N5.ClH/c9-7-3-6(1-2-11-7)8-12-4-10-5-13-8;/h4-7,11H,1-3,9H2;1H. The summed E-state index contributed by atoms with van der Waals surface area (Å²) < 4.78 is 0. The van der Waals surface area contributed by atoms with E-state index in [1.54, 1.807) is 0 Å². The maximum absolute atomic E-state index is 5.78. The zero-order valence-electron chi connectivity index (χ0n) is 7.76. The summed E-state index contributed by atoms with van der Waals surface area (Å²) in [6.45, 7) is 0.942. The average Bonchev–Trinajstić information content (AvgIpc) is 2.19. The molecule has 3 N–H and O–H groups in total. The van der Waals surface area contributed by atoms with Crippen LogP contribution in [0.15, 0.2) is 12.7 Å². The molecule has 2 heterocycles. The lowest BCUT2D eigenvalue weighted by molar-refractivity contribution is 0.359. The highest BCUT2D eigenvalue weighted by atomic mass is 35.5. The van der Waals surface area contributed by atoms with Gasteiger partial charge in [0.05, 0.1) is 6.17 Å². The van der Waals surface area contributed by atoms with Crippen LogP contribution < -0.4 is 11.1 Å². The minimum absolute atomic E-state index is 0. The highest BCUT2D eigenvalue weighted by molar-refractivity contribution is 5.85. The lowest BCUT2D eigenvalue weighted by Crippen LogP contribution is -2.43. The molecule has 0 bridgehead atoms. The topological polar surface area (TPSA) is 76.7 Å². The number of hydrogen-bond donors (Lipinski definition) is 2. The highest BCUT2D eigenvalue weighted by Crippen LogP contribution is 2.22. The fourth-order valence-electron chi connectivity index (χ4n) is 1.64. The van der Waals surface area contributed by atoms with Crippen LogP contribution in [0.5, 0.6) is 0 Å². The number of hydrogen-bond acceptors (Lipinski definition) is 5. The van der Waals surface area contributed by atoms with Crippen molar-refractivity contribution in [2.75, 3.05) is 6.54 Å². The van der Waals surface area contributed by atoms with Gasteiger partial charge in [0.2, 0.25) is 0 Å². The molecule has 1 saturated heterocycles. The normalized spacial score (nSPS) is 26.6. The SMILES string of the molecule is Cl.NC1CC(c2ncncn2)CCN1. The Kier molecular flexibility index (Phi) is 4.19. The minimum atomic E-state index is 0. The Morgan fingerprint density at radius 1 is 1.36 bits per heavy atom. The number of nitrogens with two attached hydrogens (primary N) is 1. The fraction of sp³-hybridized carbons (Fsp3) is 0.625. The zero-order valence-corrected chi connectivity index (χ0v) is 8.57. The van der Waals surface area contributed by atoms with E-state index in [1.807, 2.05) is 0 Å². The van der Waals surface area contributed by atoms with Gasteiger partial charge in [0, 0.05) is 5.92 Å². The second kappa shape index (κ2) is 5.19. The molecule has 78 valence electrons. The highest BCUT2D eigenvalue weighted by Gasteiger charge is 2.21. The monoisotopic (exact) mass is 215 g/mol. The number of aromatic nitrogens is 3. The molecule has 0 saturated carbocycles. The first-order valence-corrected chi connectivity index (χ1v) is 4.47. The second-order valence-corrected chi connectivity index (χ2v) is 3.28. The van der Waals surface area contributed by atoms with Crippen LogP contribution in [0, 0.1) is 0 Å². The molecule has 2 rings (SSSR count). The molecule has 0 radical (unpaired) electrons. The van der Waals surface area contributed by atoms with Crippen LogP contribution in [0.25, 0.3) is 0 Å². The lowest BCUT2D eigenvalue weighted by atomic mass is 9.95. The Labute approximate surface area is 89.0 Å². The van der Waals surface area contributed by atoms with Gasteiger partial charge < -0.3 is 11.1 Å². The van der Waals surface area contributed by atoms with E-state index in [9.17, 15) is 0 Å². The van der Waals surface area contributed by atoms with Crippen molar-refractivity contribution in [3.05, 3.63) is 18.5 Å². The first-order valence-electron chi connectivity index (χ1n) is 4.47. The van der Waals surface area contributed by atoms with E-state index < -0.39 is 0 Å². The number of nitrogens with one attached hydrogen (secondary N) is 1. The van der Waals surface area contributed by atoms with Crippen molar-refractivity contribution in [3.8, 4) is 0 Å². The third kappa shape index (κ3) is 2.60. The van der Waals surface area contributed by atoms with E-state index in [0.717, 1.165) is 25.2 Å². The van der Waals surface area contributed by atoms with E-state index >= 15 is 0 Å². The Balaban J connectivity index is 0.000000980. The van der Waals surface area contributed by atoms with Crippen LogP contribution in [0.1, 0.15) is 24.6 Å². The van der Waals surface area contributed by atoms with Crippen molar-refractivity contribution in [3.63, 3.8) is 0 Å². The lowest BCUT2D eigenvalue weighted by Gasteiger charge is -2.26. The molecule has 1 aliphatic heterocycles. The van der Waals surface area contributed by atoms with Gasteiger partial charge in [-0.2, -0.15) is 0 Å². The minimum Gasteiger partial charge on any atom is -0.316 e. The first kappa shape index (κ1) is 11.3. The predicted molar refractivity (Wildman–Crippen MR) is 55.0 cm³/mol. The van der Waals surface area contributed by atoms with Crippen molar-refractivity contribution in [2.24, 2.45) is 5.73 Å². The predicted octanol–water partition coefficient (Wildman–Crippen LogP) is 0.0452. The largest absolute Gasteiger partial charge is 0.316 e. The third-order valence-electron chi connectivity index (χ3n) is 2.32. The van der Waals surface area contributed by atoms with Crippen LogP contribution >= 0.6 is 12.4 Å². The molecule has 1 aromatic heterocycles. The molecule has 0 spiro atoms. The maximum atomic E-state index is 5.78. The van der Waals surface area contributed by atoms with Crippen molar-refractivity contribution in [2.45, 2.75) is 24.9 Å². The second-order valence-electron chi connectivity index (χ2n) is 3.28. The molecule has 6 heteroatoms. The Morgan fingerprint density at radius 2 is 2.07 bits per heavy atom. The van der Waals surface area contributed by atoms with E-state index in [2.05, 4.69) is 20.3 Å². The van der Waals surface area contributed by atoms with Crippen LogP contribution in [0.3, 0.4) is 0 Å². The van der Waals surface area contributed by atoms with E-state index in [1.165, 1.54) is 12.7 Å². The van der Waals surface area contributed by atoms with Crippen LogP contribution in [0.2, 0.25) is 0 Å². The summed E-state index contributed by atoms with van der Waals surface area (Å²) in [4.78, 5) is 12.1. The zero-order chi connectivity index (χ0) is 9.10. The summed E-state index contributed by atoms with van der Waals surface area (Å²) in [6, 6.07) is 0. The first-order chi connectivity index (χ1) is 6.36. The summed E-state index contributed by atoms with van der Waals surface area (Å²) in [5, 5.41) is 3.19. The average molecular weight is 216 g/mol. The molecule has 0 aromatic carbocycles. The van der Waals surface area contributed by atoms with Gasteiger partial charge in [-0.1, -0.05) is 0 Å². The number of rotatable bonds is 1. The van der Waals surface area contributed by atoms with Crippen LogP contribution in [0.4, 0.5) is 0 Å². The van der Waals surface area contributed by atoms with Crippen molar-refractivity contribution in [1.29, 1.82) is 0 Å². The molecule has 1 aromatic rings. The molecule has 14 heavy (non-hydrogen) atoms. The van der Waals surface area contributed by atoms with Gasteiger partial charge in [-0.05, 0) is 19.4 Å². The maximum Gasteiger partial charge on any atom is 0.135 e. The van der Waals surface area contributed by atoms with Gasteiger partial charge in [-0.25, -0.2) is 15.0 Å².